The van der Waals surface area contributed by atoms with E-state index in [-0.39, 0.29) is 11.8 Å². The Hall–Kier alpha value is -1.98. The molecule has 1 aromatic heterocycles. The average Bonchev–Trinajstić information content (AvgIpc) is 2.46. The maximum absolute atomic E-state index is 11.7. The zero-order chi connectivity index (χ0) is 13.8. The number of aldehydes is 1. The van der Waals surface area contributed by atoms with Gasteiger partial charge in [-0.3, -0.25) is 4.79 Å². The van der Waals surface area contributed by atoms with Crippen molar-refractivity contribution in [3.8, 4) is 0 Å². The van der Waals surface area contributed by atoms with E-state index in [0.717, 1.165) is 31.5 Å². The summed E-state index contributed by atoms with van der Waals surface area (Å²) in [4.78, 5) is 26.0. The minimum absolute atomic E-state index is 0.0682. The van der Waals surface area contributed by atoms with Gasteiger partial charge in [0.2, 0.25) is 0 Å². The molecule has 0 N–H and O–H groups in total. The molecule has 1 amide bonds. The summed E-state index contributed by atoms with van der Waals surface area (Å²) < 4.78 is 0. The maximum Gasteiger partial charge on any atom is 0.273 e. The Bertz CT molecular complexity index is 458. The SMILES string of the molecule is CN(C)C(=O)c1ccc(N2CCCC(C=O)C2)nn1. The highest BCUT2D eigenvalue weighted by atomic mass is 16.2. The van der Waals surface area contributed by atoms with Crippen molar-refractivity contribution < 1.29 is 9.59 Å². The van der Waals surface area contributed by atoms with Crippen molar-refractivity contribution in [2.75, 3.05) is 32.1 Å². The van der Waals surface area contributed by atoms with Crippen molar-refractivity contribution in [3.05, 3.63) is 17.8 Å². The van der Waals surface area contributed by atoms with Crippen LogP contribution in [0.25, 0.3) is 0 Å². The van der Waals surface area contributed by atoms with Crippen LogP contribution < -0.4 is 4.90 Å². The molecular formula is C13H18N4O2. The zero-order valence-electron chi connectivity index (χ0n) is 11.2. The topological polar surface area (TPSA) is 66.4 Å². The standard InChI is InChI=1S/C13H18N4O2/c1-16(2)13(19)11-5-6-12(15-14-11)17-7-3-4-10(8-17)9-18/h5-6,9-10H,3-4,7-8H2,1-2H3. The molecule has 1 aromatic rings. The number of hydrogen-bond acceptors (Lipinski definition) is 5. The van der Waals surface area contributed by atoms with Gasteiger partial charge in [-0.1, -0.05) is 0 Å². The Kier molecular flexibility index (Phi) is 4.09. The molecule has 1 atom stereocenters. The summed E-state index contributed by atoms with van der Waals surface area (Å²) >= 11 is 0. The summed E-state index contributed by atoms with van der Waals surface area (Å²) in [6, 6.07) is 3.46. The van der Waals surface area contributed by atoms with Crippen LogP contribution in [-0.4, -0.2) is 54.5 Å². The first kappa shape index (κ1) is 13.5. The first-order valence-corrected chi connectivity index (χ1v) is 6.37. The molecule has 1 fully saturated rings. The van der Waals surface area contributed by atoms with Crippen LogP contribution in [-0.2, 0) is 4.79 Å². The predicted molar refractivity (Wildman–Crippen MR) is 71.1 cm³/mol. The van der Waals surface area contributed by atoms with Gasteiger partial charge in [0.15, 0.2) is 11.5 Å². The lowest BCUT2D eigenvalue weighted by molar-refractivity contribution is -0.111. The number of amides is 1. The number of carbonyl (C=O) groups is 2. The van der Waals surface area contributed by atoms with Crippen molar-refractivity contribution in [2.24, 2.45) is 5.92 Å². The van der Waals surface area contributed by atoms with Gasteiger partial charge < -0.3 is 14.6 Å². The molecular weight excluding hydrogens is 244 g/mol. The lowest BCUT2D eigenvalue weighted by Crippen LogP contribution is -2.36. The molecule has 2 rings (SSSR count). The van der Waals surface area contributed by atoms with E-state index in [4.69, 9.17) is 0 Å². The third kappa shape index (κ3) is 3.07. The van der Waals surface area contributed by atoms with Crippen LogP contribution in [0.3, 0.4) is 0 Å². The lowest BCUT2D eigenvalue weighted by atomic mass is 10.00. The molecule has 0 spiro atoms. The van der Waals surface area contributed by atoms with Crippen molar-refractivity contribution in [3.63, 3.8) is 0 Å². The highest BCUT2D eigenvalue weighted by molar-refractivity contribution is 5.91. The minimum Gasteiger partial charge on any atom is -0.354 e. The first-order valence-electron chi connectivity index (χ1n) is 6.37. The minimum atomic E-state index is -0.163. The van der Waals surface area contributed by atoms with Crippen LogP contribution in [0.1, 0.15) is 23.3 Å². The Morgan fingerprint density at radius 3 is 2.79 bits per heavy atom. The number of carbonyl (C=O) groups excluding carboxylic acids is 2. The van der Waals surface area contributed by atoms with Crippen LogP contribution in [0.4, 0.5) is 5.82 Å². The number of aromatic nitrogens is 2. The van der Waals surface area contributed by atoms with E-state index in [2.05, 4.69) is 10.2 Å². The van der Waals surface area contributed by atoms with E-state index >= 15 is 0 Å². The van der Waals surface area contributed by atoms with Crippen LogP contribution in [0, 0.1) is 5.92 Å². The molecule has 0 saturated carbocycles. The van der Waals surface area contributed by atoms with Crippen LogP contribution in [0.2, 0.25) is 0 Å². The van der Waals surface area contributed by atoms with Crippen molar-refractivity contribution in [1.82, 2.24) is 15.1 Å². The Morgan fingerprint density at radius 2 is 2.21 bits per heavy atom. The molecule has 1 aliphatic rings. The third-order valence-corrected chi connectivity index (χ3v) is 3.25. The summed E-state index contributed by atoms with van der Waals surface area (Å²) in [5, 5.41) is 8.04. The van der Waals surface area contributed by atoms with E-state index in [1.165, 1.54) is 4.90 Å². The predicted octanol–water partition coefficient (Wildman–Crippen LogP) is 0.594. The van der Waals surface area contributed by atoms with Crippen molar-refractivity contribution >= 4 is 18.0 Å². The van der Waals surface area contributed by atoms with E-state index < -0.39 is 0 Å². The highest BCUT2D eigenvalue weighted by Crippen LogP contribution is 2.19. The van der Waals surface area contributed by atoms with E-state index in [9.17, 15) is 9.59 Å². The lowest BCUT2D eigenvalue weighted by Gasteiger charge is -2.30. The zero-order valence-corrected chi connectivity index (χ0v) is 11.2. The molecule has 0 aromatic carbocycles. The number of hydrogen-bond donors (Lipinski definition) is 0. The summed E-state index contributed by atoms with van der Waals surface area (Å²) in [6.45, 7) is 1.55. The van der Waals surface area contributed by atoms with Crippen LogP contribution in [0.15, 0.2) is 12.1 Å². The molecule has 2 heterocycles. The Morgan fingerprint density at radius 1 is 1.42 bits per heavy atom. The molecule has 1 saturated heterocycles. The summed E-state index contributed by atoms with van der Waals surface area (Å²) in [5.41, 5.74) is 0.331. The third-order valence-electron chi connectivity index (χ3n) is 3.25. The van der Waals surface area contributed by atoms with Gasteiger partial charge in [-0.05, 0) is 25.0 Å². The molecule has 102 valence electrons. The van der Waals surface area contributed by atoms with E-state index in [1.54, 1.807) is 26.2 Å². The highest BCUT2D eigenvalue weighted by Gasteiger charge is 2.21. The van der Waals surface area contributed by atoms with Crippen molar-refractivity contribution in [2.45, 2.75) is 12.8 Å². The largest absolute Gasteiger partial charge is 0.354 e. The van der Waals surface area contributed by atoms with Gasteiger partial charge in [-0.25, -0.2) is 0 Å². The second-order valence-electron chi connectivity index (χ2n) is 4.96. The number of anilines is 1. The maximum atomic E-state index is 11.7. The van der Waals surface area contributed by atoms with E-state index in [0.29, 0.717) is 12.2 Å². The fraction of sp³-hybridized carbons (Fsp3) is 0.538. The molecule has 6 nitrogen and oxygen atoms in total. The number of nitrogens with zero attached hydrogens (tertiary/aromatic N) is 4. The van der Waals surface area contributed by atoms with Gasteiger partial charge >= 0.3 is 0 Å². The molecule has 0 radical (unpaired) electrons. The summed E-state index contributed by atoms with van der Waals surface area (Å²) in [5.74, 6) is 0.629. The molecule has 0 bridgehead atoms. The number of rotatable bonds is 3. The normalized spacial score (nSPS) is 19.1. The van der Waals surface area contributed by atoms with E-state index in [1.807, 2.05) is 4.90 Å². The smallest absolute Gasteiger partial charge is 0.273 e. The molecule has 19 heavy (non-hydrogen) atoms. The second-order valence-corrected chi connectivity index (χ2v) is 4.96. The molecule has 1 aliphatic heterocycles. The van der Waals surface area contributed by atoms with Gasteiger partial charge in [0, 0.05) is 33.1 Å². The fourth-order valence-electron chi connectivity index (χ4n) is 2.17. The molecule has 0 aliphatic carbocycles. The summed E-state index contributed by atoms with van der Waals surface area (Å²) in [7, 11) is 3.36. The average molecular weight is 262 g/mol. The van der Waals surface area contributed by atoms with Gasteiger partial charge in [0.05, 0.1) is 0 Å². The second kappa shape index (κ2) is 5.77. The molecule has 1 unspecified atom stereocenters. The fourth-order valence-corrected chi connectivity index (χ4v) is 2.17. The van der Waals surface area contributed by atoms with Crippen LogP contribution >= 0.6 is 0 Å². The molecule has 6 heteroatoms. The van der Waals surface area contributed by atoms with Gasteiger partial charge in [-0.2, -0.15) is 0 Å². The van der Waals surface area contributed by atoms with Crippen molar-refractivity contribution in [1.29, 1.82) is 0 Å². The van der Waals surface area contributed by atoms with Crippen LogP contribution in [0.5, 0.6) is 0 Å². The quantitative estimate of drug-likeness (QED) is 0.746. The Balaban J connectivity index is 2.09. The monoisotopic (exact) mass is 262 g/mol. The van der Waals surface area contributed by atoms with Gasteiger partial charge in [0.25, 0.3) is 5.91 Å². The van der Waals surface area contributed by atoms with Gasteiger partial charge in [-0.15, -0.1) is 10.2 Å². The van der Waals surface area contributed by atoms with Gasteiger partial charge in [0.1, 0.15) is 6.29 Å². The summed E-state index contributed by atoms with van der Waals surface area (Å²) in [6.07, 6.45) is 2.91. The Labute approximate surface area is 112 Å². The first-order chi connectivity index (χ1) is 9.11. The number of piperidine rings is 1.